The van der Waals surface area contributed by atoms with Gasteiger partial charge in [0.1, 0.15) is 0 Å². The van der Waals surface area contributed by atoms with Crippen molar-refractivity contribution in [2.45, 2.75) is 26.2 Å². The lowest BCUT2D eigenvalue weighted by molar-refractivity contribution is 0.744. The summed E-state index contributed by atoms with van der Waals surface area (Å²) in [6.07, 6.45) is 7.48. The molecule has 10 heavy (non-hydrogen) atoms. The van der Waals surface area contributed by atoms with Gasteiger partial charge in [0.2, 0.25) is 0 Å². The second-order valence-electron chi connectivity index (χ2n) is 2.28. The van der Waals surface area contributed by atoms with E-state index >= 15 is 0 Å². The first-order chi connectivity index (χ1) is 4.85. The summed E-state index contributed by atoms with van der Waals surface area (Å²) in [5.74, 6) is 0. The molecule has 0 aromatic heterocycles. The van der Waals surface area contributed by atoms with E-state index in [1.807, 2.05) is 19.2 Å². The molecule has 0 aliphatic rings. The van der Waals surface area contributed by atoms with Gasteiger partial charge in [-0.1, -0.05) is 26.0 Å². The van der Waals surface area contributed by atoms with E-state index in [1.165, 1.54) is 18.5 Å². The Kier molecular flexibility index (Phi) is 5.94. The van der Waals surface area contributed by atoms with Crippen molar-refractivity contribution in [2.75, 3.05) is 7.05 Å². The highest BCUT2D eigenvalue weighted by atomic mass is 14.8. The average molecular weight is 139 g/mol. The molecule has 0 amide bonds. The Morgan fingerprint density at radius 3 is 2.70 bits per heavy atom. The minimum atomic E-state index is 1.14. The third kappa shape index (κ3) is 4.19. The van der Waals surface area contributed by atoms with Gasteiger partial charge in [0.25, 0.3) is 0 Å². The maximum atomic E-state index is 3.64. The topological polar surface area (TPSA) is 12.0 Å². The number of hydrogen-bond donors (Lipinski definition) is 1. The molecule has 0 bridgehead atoms. The van der Waals surface area contributed by atoms with Crippen molar-refractivity contribution in [2.24, 2.45) is 0 Å². The molecular formula is C9H17N. The largest absolute Gasteiger partial charge is 0.391 e. The molecular weight excluding hydrogens is 122 g/mol. The van der Waals surface area contributed by atoms with Crippen LogP contribution in [0.1, 0.15) is 26.2 Å². The monoisotopic (exact) mass is 139 g/mol. The second-order valence-corrected chi connectivity index (χ2v) is 2.28. The first-order valence-corrected chi connectivity index (χ1v) is 3.84. The Bertz CT molecular complexity index is 114. The zero-order valence-corrected chi connectivity index (χ0v) is 6.98. The number of allylic oxidation sites excluding steroid dienone is 3. The Morgan fingerprint density at radius 1 is 1.60 bits per heavy atom. The standard InChI is InChI=1S/C9H17N/c1-4-6-8-9(10-3)7-5-2/h5,7,10H,2,4,6,8H2,1,3H3/b9-7+. The Morgan fingerprint density at radius 2 is 2.30 bits per heavy atom. The fourth-order valence-corrected chi connectivity index (χ4v) is 0.801. The lowest BCUT2D eigenvalue weighted by Crippen LogP contribution is -2.04. The molecule has 0 spiro atoms. The molecule has 0 aromatic carbocycles. The molecule has 0 unspecified atom stereocenters. The van der Waals surface area contributed by atoms with Crippen LogP contribution in [0.2, 0.25) is 0 Å². The van der Waals surface area contributed by atoms with Gasteiger partial charge in [-0.25, -0.2) is 0 Å². The highest BCUT2D eigenvalue weighted by molar-refractivity contribution is 5.07. The first kappa shape index (κ1) is 9.28. The molecule has 0 atom stereocenters. The first-order valence-electron chi connectivity index (χ1n) is 3.84. The van der Waals surface area contributed by atoms with Crippen LogP contribution in [0.3, 0.4) is 0 Å². The van der Waals surface area contributed by atoms with Crippen LogP contribution < -0.4 is 5.32 Å². The third-order valence-electron chi connectivity index (χ3n) is 1.44. The summed E-state index contributed by atoms with van der Waals surface area (Å²) in [7, 11) is 1.95. The minimum absolute atomic E-state index is 1.14. The van der Waals surface area contributed by atoms with Crippen molar-refractivity contribution in [3.63, 3.8) is 0 Å². The number of nitrogens with one attached hydrogen (secondary N) is 1. The summed E-state index contributed by atoms with van der Waals surface area (Å²) in [4.78, 5) is 0. The van der Waals surface area contributed by atoms with Crippen molar-refractivity contribution >= 4 is 0 Å². The Balaban J connectivity index is 3.59. The molecule has 58 valence electrons. The molecule has 0 aliphatic carbocycles. The zero-order chi connectivity index (χ0) is 7.82. The van der Waals surface area contributed by atoms with E-state index in [9.17, 15) is 0 Å². The van der Waals surface area contributed by atoms with Crippen LogP contribution in [0.4, 0.5) is 0 Å². The van der Waals surface area contributed by atoms with Crippen LogP contribution in [-0.4, -0.2) is 7.05 Å². The summed E-state index contributed by atoms with van der Waals surface area (Å²) in [6, 6.07) is 0. The van der Waals surface area contributed by atoms with Gasteiger partial charge in [0.05, 0.1) is 0 Å². The van der Waals surface area contributed by atoms with E-state index in [-0.39, 0.29) is 0 Å². The van der Waals surface area contributed by atoms with E-state index in [1.54, 1.807) is 0 Å². The van der Waals surface area contributed by atoms with Crippen LogP contribution in [0.15, 0.2) is 24.4 Å². The smallest absolute Gasteiger partial charge is 0.0104 e. The summed E-state index contributed by atoms with van der Waals surface area (Å²) in [5.41, 5.74) is 1.27. The van der Waals surface area contributed by atoms with Crippen LogP contribution in [0.5, 0.6) is 0 Å². The lowest BCUT2D eigenvalue weighted by atomic mass is 10.2. The van der Waals surface area contributed by atoms with E-state index in [0.717, 1.165) is 6.42 Å². The van der Waals surface area contributed by atoms with E-state index in [0.29, 0.717) is 0 Å². The molecule has 0 aliphatic heterocycles. The normalized spacial score (nSPS) is 11.2. The van der Waals surface area contributed by atoms with Crippen molar-refractivity contribution in [3.8, 4) is 0 Å². The second kappa shape index (κ2) is 6.40. The molecule has 0 fully saturated rings. The van der Waals surface area contributed by atoms with E-state index in [4.69, 9.17) is 0 Å². The molecule has 1 nitrogen and oxygen atoms in total. The molecule has 1 N–H and O–H groups in total. The predicted octanol–water partition coefficient (Wildman–Crippen LogP) is 2.47. The zero-order valence-electron chi connectivity index (χ0n) is 6.98. The summed E-state index contributed by atoms with van der Waals surface area (Å²) < 4.78 is 0. The van der Waals surface area contributed by atoms with E-state index < -0.39 is 0 Å². The van der Waals surface area contributed by atoms with Crippen molar-refractivity contribution in [1.29, 1.82) is 0 Å². The van der Waals surface area contributed by atoms with Crippen molar-refractivity contribution in [3.05, 3.63) is 24.4 Å². The van der Waals surface area contributed by atoms with Crippen molar-refractivity contribution < 1.29 is 0 Å². The van der Waals surface area contributed by atoms with Gasteiger partial charge in [-0.3, -0.25) is 0 Å². The molecule has 0 saturated heterocycles. The van der Waals surface area contributed by atoms with Gasteiger partial charge < -0.3 is 5.32 Å². The Hall–Kier alpha value is -0.720. The molecule has 0 heterocycles. The summed E-state index contributed by atoms with van der Waals surface area (Å²) in [5, 5.41) is 3.13. The van der Waals surface area contributed by atoms with Gasteiger partial charge >= 0.3 is 0 Å². The third-order valence-corrected chi connectivity index (χ3v) is 1.44. The summed E-state index contributed by atoms with van der Waals surface area (Å²) in [6.45, 7) is 5.84. The molecule has 0 rings (SSSR count). The van der Waals surface area contributed by atoms with Crippen LogP contribution in [0, 0.1) is 0 Å². The average Bonchev–Trinajstić information content (AvgIpc) is 1.98. The fourth-order valence-electron chi connectivity index (χ4n) is 0.801. The highest BCUT2D eigenvalue weighted by Crippen LogP contribution is 2.02. The van der Waals surface area contributed by atoms with Gasteiger partial charge in [0, 0.05) is 12.7 Å². The molecule has 0 aromatic rings. The van der Waals surface area contributed by atoms with Crippen LogP contribution in [0.25, 0.3) is 0 Å². The Labute approximate surface area is 63.8 Å². The number of unbranched alkanes of at least 4 members (excludes halogenated alkanes) is 1. The van der Waals surface area contributed by atoms with Gasteiger partial charge in [-0.05, 0) is 18.9 Å². The van der Waals surface area contributed by atoms with Crippen molar-refractivity contribution in [1.82, 2.24) is 5.32 Å². The SMILES string of the molecule is C=C/C=C(\CCCC)NC. The molecule has 0 saturated carbocycles. The predicted molar refractivity (Wildman–Crippen MR) is 46.9 cm³/mol. The lowest BCUT2D eigenvalue weighted by Gasteiger charge is -2.03. The van der Waals surface area contributed by atoms with E-state index in [2.05, 4.69) is 18.8 Å². The minimum Gasteiger partial charge on any atom is -0.391 e. The quantitative estimate of drug-likeness (QED) is 0.577. The van der Waals surface area contributed by atoms with Gasteiger partial charge in [-0.15, -0.1) is 0 Å². The van der Waals surface area contributed by atoms with Gasteiger partial charge in [-0.2, -0.15) is 0 Å². The molecule has 0 radical (unpaired) electrons. The number of rotatable bonds is 5. The summed E-state index contributed by atoms with van der Waals surface area (Å²) >= 11 is 0. The van der Waals surface area contributed by atoms with Crippen LogP contribution in [-0.2, 0) is 0 Å². The maximum absolute atomic E-state index is 3.64. The highest BCUT2D eigenvalue weighted by Gasteiger charge is 1.89. The fraction of sp³-hybridized carbons (Fsp3) is 0.556. The maximum Gasteiger partial charge on any atom is 0.0104 e. The molecule has 1 heteroatoms. The number of hydrogen-bond acceptors (Lipinski definition) is 1. The van der Waals surface area contributed by atoms with Crippen LogP contribution >= 0.6 is 0 Å². The van der Waals surface area contributed by atoms with Gasteiger partial charge in [0.15, 0.2) is 0 Å².